The van der Waals surface area contributed by atoms with Crippen molar-refractivity contribution in [1.82, 2.24) is 14.8 Å². The van der Waals surface area contributed by atoms with Gasteiger partial charge < -0.3 is 4.74 Å². The summed E-state index contributed by atoms with van der Waals surface area (Å²) in [7, 11) is 0. The Labute approximate surface area is 123 Å². The van der Waals surface area contributed by atoms with Crippen LogP contribution in [0.4, 0.5) is 0 Å². The number of halogens is 1. The van der Waals surface area contributed by atoms with Gasteiger partial charge in [0.15, 0.2) is 0 Å². The maximum Gasteiger partial charge on any atom is 0.349 e. The summed E-state index contributed by atoms with van der Waals surface area (Å²) in [6, 6.07) is 4.84. The van der Waals surface area contributed by atoms with E-state index in [1.807, 2.05) is 6.92 Å². The minimum absolute atomic E-state index is 0.0763. The lowest BCUT2D eigenvalue weighted by atomic mass is 10.1. The third-order valence-electron chi connectivity index (χ3n) is 3.16. The molecule has 2 heterocycles. The molecule has 3 rings (SSSR count). The van der Waals surface area contributed by atoms with E-state index in [0.717, 1.165) is 10.2 Å². The number of rotatable bonds is 1. The number of aromatic amines is 1. The smallest absolute Gasteiger partial charge is 0.349 e. The van der Waals surface area contributed by atoms with Crippen LogP contribution in [0.25, 0.3) is 5.69 Å². The van der Waals surface area contributed by atoms with Crippen molar-refractivity contribution >= 4 is 11.6 Å². The highest BCUT2D eigenvalue weighted by atomic mass is 35.5. The predicted molar refractivity (Wildman–Crippen MR) is 74.0 cm³/mol. The number of ether oxygens (including phenoxy) is 1. The number of nitrogens with zero attached hydrogens (tertiary/aromatic N) is 3. The number of nitriles is 1. The van der Waals surface area contributed by atoms with Gasteiger partial charge in [0.2, 0.25) is 5.69 Å². The number of fused-ring (bicyclic) bond motifs is 1. The highest BCUT2D eigenvalue weighted by Gasteiger charge is 2.26. The molecule has 1 aliphatic rings. The highest BCUT2D eigenvalue weighted by Crippen LogP contribution is 2.38. The van der Waals surface area contributed by atoms with Crippen molar-refractivity contribution in [2.45, 2.75) is 19.4 Å². The van der Waals surface area contributed by atoms with Gasteiger partial charge in [-0.1, -0.05) is 11.6 Å². The number of nitrogens with one attached hydrogen (secondary N) is 1. The summed E-state index contributed by atoms with van der Waals surface area (Å²) < 4.78 is 6.59. The Kier molecular flexibility index (Phi) is 3.03. The van der Waals surface area contributed by atoms with Gasteiger partial charge in [0.05, 0.1) is 10.7 Å². The van der Waals surface area contributed by atoms with Crippen LogP contribution < -0.4 is 16.0 Å². The van der Waals surface area contributed by atoms with Gasteiger partial charge in [0.25, 0.3) is 5.56 Å². The van der Waals surface area contributed by atoms with Gasteiger partial charge >= 0.3 is 5.69 Å². The van der Waals surface area contributed by atoms with Gasteiger partial charge in [0, 0.05) is 12.0 Å². The molecular formula is C13H9ClN4O3. The largest absolute Gasteiger partial charge is 0.488 e. The van der Waals surface area contributed by atoms with Crippen LogP contribution in [0.5, 0.6) is 5.75 Å². The minimum atomic E-state index is -0.811. The first-order valence-electron chi connectivity index (χ1n) is 6.13. The van der Waals surface area contributed by atoms with Gasteiger partial charge in [-0.15, -0.1) is 5.10 Å². The quantitative estimate of drug-likeness (QED) is 0.838. The summed E-state index contributed by atoms with van der Waals surface area (Å²) in [6.45, 7) is 1.88. The molecule has 1 atom stereocenters. The van der Waals surface area contributed by atoms with Crippen molar-refractivity contribution in [3.8, 4) is 17.5 Å². The van der Waals surface area contributed by atoms with Crippen molar-refractivity contribution in [3.63, 3.8) is 0 Å². The van der Waals surface area contributed by atoms with Gasteiger partial charge in [-0.05, 0) is 19.1 Å². The van der Waals surface area contributed by atoms with Crippen molar-refractivity contribution < 1.29 is 4.74 Å². The molecule has 7 nitrogen and oxygen atoms in total. The number of H-pyrrole nitrogens is 1. The second-order valence-corrected chi connectivity index (χ2v) is 5.05. The molecule has 0 amide bonds. The molecular weight excluding hydrogens is 296 g/mol. The van der Waals surface area contributed by atoms with E-state index < -0.39 is 11.2 Å². The second-order valence-electron chi connectivity index (χ2n) is 4.64. The Hall–Kier alpha value is -2.59. The lowest BCUT2D eigenvalue weighted by molar-refractivity contribution is 0.255. The maximum atomic E-state index is 11.9. The molecule has 0 fully saturated rings. The maximum absolute atomic E-state index is 11.9. The lowest BCUT2D eigenvalue weighted by Crippen LogP contribution is -2.33. The number of hydrogen-bond donors (Lipinski definition) is 1. The fourth-order valence-corrected chi connectivity index (χ4v) is 2.50. The summed E-state index contributed by atoms with van der Waals surface area (Å²) in [5.74, 6) is 0.500. The first kappa shape index (κ1) is 13.4. The van der Waals surface area contributed by atoms with E-state index in [2.05, 4.69) is 10.1 Å². The van der Waals surface area contributed by atoms with Crippen LogP contribution in [0.2, 0.25) is 5.02 Å². The van der Waals surface area contributed by atoms with E-state index in [-0.39, 0.29) is 11.8 Å². The second kappa shape index (κ2) is 4.75. The van der Waals surface area contributed by atoms with Crippen molar-refractivity contribution in [2.75, 3.05) is 0 Å². The Morgan fingerprint density at radius 3 is 3.00 bits per heavy atom. The van der Waals surface area contributed by atoms with E-state index in [1.54, 1.807) is 18.2 Å². The third-order valence-corrected chi connectivity index (χ3v) is 3.46. The van der Waals surface area contributed by atoms with Crippen LogP contribution in [0.3, 0.4) is 0 Å². The van der Waals surface area contributed by atoms with Crippen LogP contribution in [-0.4, -0.2) is 20.9 Å². The number of benzene rings is 1. The molecule has 0 aliphatic carbocycles. The SMILES string of the molecule is CC1Cc2c(-n3nc(C#N)c(=O)[nH]c3=O)ccc(Cl)c2O1. The van der Waals surface area contributed by atoms with Gasteiger partial charge in [-0.3, -0.25) is 9.78 Å². The molecule has 0 saturated heterocycles. The van der Waals surface area contributed by atoms with E-state index in [4.69, 9.17) is 21.6 Å². The fourth-order valence-electron chi connectivity index (χ4n) is 2.28. The monoisotopic (exact) mass is 304 g/mol. The highest BCUT2D eigenvalue weighted by molar-refractivity contribution is 6.32. The van der Waals surface area contributed by atoms with Gasteiger partial charge in [0.1, 0.15) is 17.9 Å². The molecule has 8 heteroatoms. The van der Waals surface area contributed by atoms with Crippen LogP contribution in [0.1, 0.15) is 18.2 Å². The van der Waals surface area contributed by atoms with Gasteiger partial charge in [-0.25, -0.2) is 4.79 Å². The summed E-state index contributed by atoms with van der Waals surface area (Å²) in [5, 5.41) is 13.1. The molecule has 0 radical (unpaired) electrons. The van der Waals surface area contributed by atoms with Crippen molar-refractivity contribution in [2.24, 2.45) is 0 Å². The zero-order valence-electron chi connectivity index (χ0n) is 10.9. The van der Waals surface area contributed by atoms with Crippen LogP contribution in [-0.2, 0) is 6.42 Å². The summed E-state index contributed by atoms with van der Waals surface area (Å²) >= 11 is 6.08. The molecule has 0 saturated carbocycles. The molecule has 2 aromatic rings. The minimum Gasteiger partial charge on any atom is -0.488 e. The number of hydrogen-bond acceptors (Lipinski definition) is 5. The standard InChI is InChI=1S/C13H9ClN4O3/c1-6-4-7-10(3-2-8(14)11(7)21-6)18-13(20)16-12(19)9(5-15)17-18/h2-3,6H,4H2,1H3,(H,16,19,20). The van der Waals surface area contributed by atoms with Crippen LogP contribution >= 0.6 is 11.6 Å². The Morgan fingerprint density at radius 1 is 1.52 bits per heavy atom. The summed E-state index contributed by atoms with van der Waals surface area (Å²) in [6.07, 6.45) is 0.480. The zero-order chi connectivity index (χ0) is 15.1. The Bertz CT molecular complexity index is 894. The van der Waals surface area contributed by atoms with Crippen molar-refractivity contribution in [1.29, 1.82) is 5.26 Å². The average Bonchev–Trinajstić information content (AvgIpc) is 2.83. The van der Waals surface area contributed by atoms with Crippen molar-refractivity contribution in [3.05, 3.63) is 49.3 Å². The van der Waals surface area contributed by atoms with Crippen LogP contribution in [0.15, 0.2) is 21.7 Å². The third kappa shape index (κ3) is 2.10. The molecule has 1 aliphatic heterocycles. The predicted octanol–water partition coefficient (Wildman–Crippen LogP) is 0.769. The first-order chi connectivity index (χ1) is 10.0. The summed E-state index contributed by atoms with van der Waals surface area (Å²) in [5.41, 5.74) is -0.751. The lowest BCUT2D eigenvalue weighted by Gasteiger charge is -2.09. The Morgan fingerprint density at radius 2 is 2.29 bits per heavy atom. The molecule has 0 spiro atoms. The topological polar surface area (TPSA) is 101 Å². The molecule has 1 aromatic heterocycles. The fraction of sp³-hybridized carbons (Fsp3) is 0.231. The normalized spacial score (nSPS) is 16.1. The molecule has 1 unspecified atom stereocenters. The zero-order valence-corrected chi connectivity index (χ0v) is 11.6. The average molecular weight is 305 g/mol. The summed E-state index contributed by atoms with van der Waals surface area (Å²) in [4.78, 5) is 25.4. The van der Waals surface area contributed by atoms with E-state index in [1.165, 1.54) is 0 Å². The molecule has 21 heavy (non-hydrogen) atoms. The molecule has 1 aromatic carbocycles. The number of aromatic nitrogens is 3. The first-order valence-corrected chi connectivity index (χ1v) is 6.51. The van der Waals surface area contributed by atoms with Gasteiger partial charge in [-0.2, -0.15) is 9.94 Å². The van der Waals surface area contributed by atoms with Crippen LogP contribution in [0, 0.1) is 11.3 Å². The van der Waals surface area contributed by atoms with E-state index in [9.17, 15) is 9.59 Å². The molecule has 0 bridgehead atoms. The molecule has 1 N–H and O–H groups in total. The molecule has 106 valence electrons. The Balaban J connectivity index is 2.29. The van der Waals surface area contributed by atoms with E-state index in [0.29, 0.717) is 22.9 Å². The van der Waals surface area contributed by atoms with E-state index >= 15 is 0 Å².